The van der Waals surface area contributed by atoms with Gasteiger partial charge in [0.05, 0.1) is 17.4 Å². The van der Waals surface area contributed by atoms with Gasteiger partial charge in [0, 0.05) is 12.1 Å². The minimum atomic E-state index is 0.556. The molecule has 13 heavy (non-hydrogen) atoms. The zero-order valence-corrected chi connectivity index (χ0v) is 7.20. The molecule has 2 rings (SSSR count). The molecule has 3 N–H and O–H groups in total. The number of para-hydroxylation sites is 1. The maximum absolute atomic E-state index is 5.38. The summed E-state index contributed by atoms with van der Waals surface area (Å²) in [5.74, 6) is 0. The number of imidazole rings is 1. The van der Waals surface area contributed by atoms with Crippen LogP contribution in [0, 0.1) is 0 Å². The van der Waals surface area contributed by atoms with E-state index in [0.717, 1.165) is 16.6 Å². The van der Waals surface area contributed by atoms with Crippen molar-refractivity contribution in [3.63, 3.8) is 0 Å². The third-order valence-electron chi connectivity index (χ3n) is 1.91. The van der Waals surface area contributed by atoms with Crippen LogP contribution in [0.4, 0.5) is 0 Å². The number of hydrogen-bond acceptors (Lipinski definition) is 2. The first-order chi connectivity index (χ1) is 6.42. The summed E-state index contributed by atoms with van der Waals surface area (Å²) >= 11 is 0. The Balaban J connectivity index is 2.54. The molecule has 1 aromatic heterocycles. The molecule has 1 aromatic carbocycles. The predicted octanol–water partition coefficient (Wildman–Crippen LogP) is 1.53. The Bertz CT molecular complexity index is 428. The summed E-state index contributed by atoms with van der Waals surface area (Å²) in [5.41, 5.74) is 8.53. The van der Waals surface area contributed by atoms with Crippen LogP contribution in [0.15, 0.2) is 30.6 Å². The molecule has 0 saturated heterocycles. The molecule has 0 radical (unpaired) electrons. The quantitative estimate of drug-likeness (QED) is 0.723. The summed E-state index contributed by atoms with van der Waals surface area (Å²) in [7, 11) is 0. The van der Waals surface area contributed by atoms with E-state index in [2.05, 4.69) is 9.97 Å². The Labute approximate surface area is 76.3 Å². The second-order valence-electron chi connectivity index (χ2n) is 2.78. The number of nitrogens with one attached hydrogen (secondary N) is 1. The van der Waals surface area contributed by atoms with E-state index in [4.69, 9.17) is 5.73 Å². The first-order valence-corrected chi connectivity index (χ1v) is 4.20. The summed E-state index contributed by atoms with van der Waals surface area (Å²) in [4.78, 5) is 7.28. The lowest BCUT2D eigenvalue weighted by Gasteiger charge is -1.93. The van der Waals surface area contributed by atoms with Crippen molar-refractivity contribution in [3.8, 4) is 0 Å². The van der Waals surface area contributed by atoms with Gasteiger partial charge < -0.3 is 10.7 Å². The van der Waals surface area contributed by atoms with Crippen molar-refractivity contribution in [2.24, 2.45) is 5.73 Å². The molecule has 0 atom stereocenters. The Morgan fingerprint density at radius 1 is 1.46 bits per heavy atom. The van der Waals surface area contributed by atoms with Gasteiger partial charge in [-0.25, -0.2) is 4.98 Å². The van der Waals surface area contributed by atoms with Crippen molar-refractivity contribution < 1.29 is 0 Å². The van der Waals surface area contributed by atoms with Gasteiger partial charge in [-0.3, -0.25) is 0 Å². The number of H-pyrrole nitrogens is 1. The number of fused-ring (bicyclic) bond motifs is 1. The van der Waals surface area contributed by atoms with Gasteiger partial charge in [-0.15, -0.1) is 0 Å². The van der Waals surface area contributed by atoms with E-state index in [9.17, 15) is 0 Å². The minimum Gasteiger partial charge on any atom is -0.345 e. The minimum absolute atomic E-state index is 0.556. The van der Waals surface area contributed by atoms with Crippen molar-refractivity contribution in [1.82, 2.24) is 9.97 Å². The van der Waals surface area contributed by atoms with Gasteiger partial charge in [-0.05, 0) is 6.07 Å². The van der Waals surface area contributed by atoms with E-state index in [0.29, 0.717) is 6.54 Å². The molecule has 0 saturated carbocycles. The van der Waals surface area contributed by atoms with Crippen LogP contribution < -0.4 is 5.73 Å². The zero-order chi connectivity index (χ0) is 9.10. The number of hydrogen-bond donors (Lipinski definition) is 2. The Kier molecular flexibility index (Phi) is 2.10. The maximum Gasteiger partial charge on any atom is 0.0954 e. The SMILES string of the molecule is NC/C=C/c1cccc2[nH]cnc12. The summed E-state index contributed by atoms with van der Waals surface area (Å²) in [6.45, 7) is 0.556. The normalized spacial score (nSPS) is 11.5. The van der Waals surface area contributed by atoms with Crippen LogP contribution in [0.3, 0.4) is 0 Å². The number of rotatable bonds is 2. The summed E-state index contributed by atoms with van der Waals surface area (Å²) in [5, 5.41) is 0. The monoisotopic (exact) mass is 173 g/mol. The molecule has 0 bridgehead atoms. The average molecular weight is 173 g/mol. The highest BCUT2D eigenvalue weighted by molar-refractivity contribution is 5.84. The Morgan fingerprint density at radius 3 is 3.23 bits per heavy atom. The van der Waals surface area contributed by atoms with Gasteiger partial charge in [-0.1, -0.05) is 24.3 Å². The molecule has 1 heterocycles. The van der Waals surface area contributed by atoms with E-state index in [1.807, 2.05) is 30.4 Å². The topological polar surface area (TPSA) is 54.7 Å². The van der Waals surface area contributed by atoms with Gasteiger partial charge in [0.1, 0.15) is 0 Å². The van der Waals surface area contributed by atoms with Gasteiger partial charge in [0.2, 0.25) is 0 Å². The molecule has 66 valence electrons. The molecule has 3 heteroatoms. The summed E-state index contributed by atoms with van der Waals surface area (Å²) in [6.07, 6.45) is 5.61. The smallest absolute Gasteiger partial charge is 0.0954 e. The van der Waals surface area contributed by atoms with Crippen LogP contribution in [0.25, 0.3) is 17.1 Å². The predicted molar refractivity (Wildman–Crippen MR) is 54.2 cm³/mol. The first kappa shape index (κ1) is 8.01. The van der Waals surface area contributed by atoms with Crippen molar-refractivity contribution >= 4 is 17.1 Å². The fourth-order valence-electron chi connectivity index (χ4n) is 1.32. The van der Waals surface area contributed by atoms with E-state index in [1.54, 1.807) is 6.33 Å². The van der Waals surface area contributed by atoms with Gasteiger partial charge in [0.15, 0.2) is 0 Å². The highest BCUT2D eigenvalue weighted by Crippen LogP contribution is 2.15. The van der Waals surface area contributed by atoms with Crippen LogP contribution in [0.2, 0.25) is 0 Å². The number of nitrogens with two attached hydrogens (primary N) is 1. The Morgan fingerprint density at radius 2 is 2.38 bits per heavy atom. The van der Waals surface area contributed by atoms with E-state index >= 15 is 0 Å². The fraction of sp³-hybridized carbons (Fsp3) is 0.100. The number of aromatic amines is 1. The Hall–Kier alpha value is -1.61. The van der Waals surface area contributed by atoms with Crippen LogP contribution in [0.1, 0.15) is 5.56 Å². The van der Waals surface area contributed by atoms with E-state index in [1.165, 1.54) is 0 Å². The molecular formula is C10H11N3. The van der Waals surface area contributed by atoms with Crippen LogP contribution in [-0.4, -0.2) is 16.5 Å². The first-order valence-electron chi connectivity index (χ1n) is 4.20. The molecule has 0 fully saturated rings. The maximum atomic E-state index is 5.38. The highest BCUT2D eigenvalue weighted by atomic mass is 14.9. The number of benzene rings is 1. The van der Waals surface area contributed by atoms with E-state index < -0.39 is 0 Å². The summed E-state index contributed by atoms with van der Waals surface area (Å²) < 4.78 is 0. The second-order valence-corrected chi connectivity index (χ2v) is 2.78. The molecular weight excluding hydrogens is 162 g/mol. The van der Waals surface area contributed by atoms with Crippen LogP contribution in [0.5, 0.6) is 0 Å². The summed E-state index contributed by atoms with van der Waals surface area (Å²) in [6, 6.07) is 6.02. The van der Waals surface area contributed by atoms with Crippen molar-refractivity contribution in [2.75, 3.05) is 6.54 Å². The van der Waals surface area contributed by atoms with Crippen molar-refractivity contribution in [3.05, 3.63) is 36.2 Å². The van der Waals surface area contributed by atoms with Crippen LogP contribution >= 0.6 is 0 Å². The van der Waals surface area contributed by atoms with Crippen molar-refractivity contribution in [2.45, 2.75) is 0 Å². The molecule has 0 amide bonds. The lowest BCUT2D eigenvalue weighted by atomic mass is 10.2. The molecule has 3 nitrogen and oxygen atoms in total. The molecule has 0 spiro atoms. The average Bonchev–Trinajstić information content (AvgIpc) is 2.62. The molecule has 0 aliphatic heterocycles. The van der Waals surface area contributed by atoms with Crippen molar-refractivity contribution in [1.29, 1.82) is 0 Å². The zero-order valence-electron chi connectivity index (χ0n) is 7.20. The van der Waals surface area contributed by atoms with Gasteiger partial charge in [-0.2, -0.15) is 0 Å². The van der Waals surface area contributed by atoms with Crippen LogP contribution in [-0.2, 0) is 0 Å². The number of nitrogens with zero attached hydrogens (tertiary/aromatic N) is 1. The number of aromatic nitrogens is 2. The lowest BCUT2D eigenvalue weighted by Crippen LogP contribution is -1.92. The fourth-order valence-corrected chi connectivity index (χ4v) is 1.32. The molecule has 0 aliphatic rings. The van der Waals surface area contributed by atoms with Gasteiger partial charge >= 0.3 is 0 Å². The third kappa shape index (κ3) is 1.46. The standard InChI is InChI=1S/C10H11N3/c11-6-2-4-8-3-1-5-9-10(8)13-7-12-9/h1-5,7H,6,11H2,(H,12,13)/b4-2+. The molecule has 0 aliphatic carbocycles. The molecule has 2 aromatic rings. The highest BCUT2D eigenvalue weighted by Gasteiger charge is 1.98. The third-order valence-corrected chi connectivity index (χ3v) is 1.91. The second kappa shape index (κ2) is 3.41. The largest absolute Gasteiger partial charge is 0.345 e. The van der Waals surface area contributed by atoms with Gasteiger partial charge in [0.25, 0.3) is 0 Å². The van der Waals surface area contributed by atoms with E-state index in [-0.39, 0.29) is 0 Å². The lowest BCUT2D eigenvalue weighted by molar-refractivity contribution is 1.26. The molecule has 0 unspecified atom stereocenters.